The third-order valence-electron chi connectivity index (χ3n) is 4.92. The number of anilines is 2. The number of rotatable bonds is 7. The first-order valence-electron chi connectivity index (χ1n) is 9.67. The van der Waals surface area contributed by atoms with Crippen molar-refractivity contribution in [3.63, 3.8) is 0 Å². The highest BCUT2D eigenvalue weighted by Gasteiger charge is 2.15. The highest BCUT2D eigenvalue weighted by atomic mass is 19.1. The number of carbonyl (C=O) groups excluding carboxylic acids is 2. The lowest BCUT2D eigenvalue weighted by Gasteiger charge is -2.23. The van der Waals surface area contributed by atoms with Crippen LogP contribution in [-0.4, -0.2) is 38.0 Å². The molecule has 1 saturated heterocycles. The lowest BCUT2D eigenvalue weighted by molar-refractivity contribution is -0.121. The fraction of sp³-hybridized carbons (Fsp3) is 0.364. The first-order chi connectivity index (χ1) is 13.5. The summed E-state index contributed by atoms with van der Waals surface area (Å²) in [5, 5.41) is 2.80. The summed E-state index contributed by atoms with van der Waals surface area (Å²) in [7, 11) is 0. The second-order valence-corrected chi connectivity index (χ2v) is 7.04. The van der Waals surface area contributed by atoms with Crippen molar-refractivity contribution in [3.8, 4) is 0 Å². The van der Waals surface area contributed by atoms with Gasteiger partial charge in [0.15, 0.2) is 0 Å². The van der Waals surface area contributed by atoms with E-state index >= 15 is 0 Å². The third kappa shape index (κ3) is 5.31. The molecule has 1 heterocycles. The van der Waals surface area contributed by atoms with Crippen molar-refractivity contribution in [2.75, 3.05) is 36.0 Å². The van der Waals surface area contributed by atoms with Crippen LogP contribution in [0.4, 0.5) is 15.8 Å². The molecule has 0 unspecified atom stereocenters. The van der Waals surface area contributed by atoms with Crippen molar-refractivity contribution in [2.24, 2.45) is 0 Å². The quantitative estimate of drug-likeness (QED) is 0.799. The molecule has 1 aliphatic rings. The van der Waals surface area contributed by atoms with Crippen molar-refractivity contribution in [1.82, 2.24) is 5.32 Å². The minimum Gasteiger partial charge on any atom is -0.372 e. The summed E-state index contributed by atoms with van der Waals surface area (Å²) in [4.78, 5) is 28.1. The summed E-state index contributed by atoms with van der Waals surface area (Å²) < 4.78 is 13.2. The molecule has 1 aliphatic heterocycles. The molecular formula is C22H26FN3O2. The maximum Gasteiger partial charge on any atom is 0.224 e. The van der Waals surface area contributed by atoms with Gasteiger partial charge in [-0.05, 0) is 54.8 Å². The van der Waals surface area contributed by atoms with Gasteiger partial charge in [0.1, 0.15) is 5.82 Å². The van der Waals surface area contributed by atoms with Gasteiger partial charge < -0.3 is 15.1 Å². The van der Waals surface area contributed by atoms with Crippen LogP contribution in [0.1, 0.15) is 25.3 Å². The lowest BCUT2D eigenvalue weighted by atomic mass is 10.1. The van der Waals surface area contributed by atoms with Crippen LogP contribution in [0.15, 0.2) is 48.5 Å². The highest BCUT2D eigenvalue weighted by molar-refractivity contribution is 5.91. The zero-order chi connectivity index (χ0) is 19.9. The fourth-order valence-corrected chi connectivity index (χ4v) is 3.49. The monoisotopic (exact) mass is 383 g/mol. The molecule has 5 nitrogen and oxygen atoms in total. The fourth-order valence-electron chi connectivity index (χ4n) is 3.49. The van der Waals surface area contributed by atoms with Crippen molar-refractivity contribution in [3.05, 3.63) is 59.9 Å². The van der Waals surface area contributed by atoms with Crippen LogP contribution in [0.25, 0.3) is 0 Å². The van der Waals surface area contributed by atoms with Crippen molar-refractivity contribution in [1.29, 1.82) is 0 Å². The summed E-state index contributed by atoms with van der Waals surface area (Å²) in [6.45, 7) is 4.39. The number of nitrogens with one attached hydrogen (secondary N) is 1. The smallest absolute Gasteiger partial charge is 0.224 e. The largest absolute Gasteiger partial charge is 0.372 e. The van der Waals surface area contributed by atoms with Crippen LogP contribution in [0.3, 0.4) is 0 Å². The van der Waals surface area contributed by atoms with E-state index < -0.39 is 0 Å². The van der Waals surface area contributed by atoms with Crippen molar-refractivity contribution in [2.45, 2.75) is 26.2 Å². The molecule has 0 bridgehead atoms. The van der Waals surface area contributed by atoms with Gasteiger partial charge in [-0.3, -0.25) is 9.59 Å². The van der Waals surface area contributed by atoms with Crippen molar-refractivity contribution >= 4 is 23.2 Å². The minimum absolute atomic E-state index is 0.0756. The second-order valence-electron chi connectivity index (χ2n) is 7.04. The highest BCUT2D eigenvalue weighted by Crippen LogP contribution is 2.23. The Morgan fingerprint density at radius 2 is 1.82 bits per heavy atom. The van der Waals surface area contributed by atoms with Crippen LogP contribution in [0.2, 0.25) is 0 Å². The maximum atomic E-state index is 13.2. The van der Waals surface area contributed by atoms with Gasteiger partial charge in [-0.15, -0.1) is 0 Å². The number of halogens is 1. The molecule has 2 aromatic rings. The number of amides is 2. The zero-order valence-corrected chi connectivity index (χ0v) is 16.2. The Bertz CT molecular complexity index is 817. The summed E-state index contributed by atoms with van der Waals surface area (Å²) in [5.41, 5.74) is 2.61. The van der Waals surface area contributed by atoms with Crippen LogP contribution < -0.4 is 15.1 Å². The normalized spacial score (nSPS) is 13.4. The molecule has 2 amide bonds. The average Bonchev–Trinajstić information content (AvgIpc) is 3.20. The molecule has 3 rings (SSSR count). The molecule has 2 aromatic carbocycles. The minimum atomic E-state index is -0.356. The molecule has 148 valence electrons. The molecule has 0 spiro atoms. The lowest BCUT2D eigenvalue weighted by Crippen LogP contribution is -2.38. The SMILES string of the molecule is CC(=O)N(CCNC(=O)Cc1cccc(F)c1)c1ccc(N2CCCC2)cc1. The van der Waals surface area contributed by atoms with E-state index in [1.54, 1.807) is 17.0 Å². The molecule has 0 aliphatic carbocycles. The van der Waals surface area contributed by atoms with E-state index in [9.17, 15) is 14.0 Å². The van der Waals surface area contributed by atoms with Gasteiger partial charge in [-0.2, -0.15) is 0 Å². The van der Waals surface area contributed by atoms with Crippen molar-refractivity contribution < 1.29 is 14.0 Å². The molecular weight excluding hydrogens is 357 g/mol. The molecule has 28 heavy (non-hydrogen) atoms. The number of hydrogen-bond acceptors (Lipinski definition) is 3. The molecule has 0 radical (unpaired) electrons. The maximum absolute atomic E-state index is 13.2. The molecule has 0 aromatic heterocycles. The van der Waals surface area contributed by atoms with Crippen LogP contribution >= 0.6 is 0 Å². The first kappa shape index (κ1) is 19.9. The molecule has 1 N–H and O–H groups in total. The Hall–Kier alpha value is -2.89. The second kappa shape index (κ2) is 9.35. The van der Waals surface area contributed by atoms with E-state index in [-0.39, 0.29) is 24.1 Å². The third-order valence-corrected chi connectivity index (χ3v) is 4.92. The summed E-state index contributed by atoms with van der Waals surface area (Å²) in [6.07, 6.45) is 2.55. The summed E-state index contributed by atoms with van der Waals surface area (Å²) in [6, 6.07) is 14.0. The van der Waals surface area contributed by atoms with E-state index in [0.29, 0.717) is 18.7 Å². The number of nitrogens with zero attached hydrogens (tertiary/aromatic N) is 2. The Kier molecular flexibility index (Phi) is 6.63. The van der Waals surface area contributed by atoms with E-state index in [1.807, 2.05) is 24.3 Å². The van der Waals surface area contributed by atoms with Gasteiger partial charge >= 0.3 is 0 Å². The van der Waals surface area contributed by atoms with Gasteiger partial charge in [-0.1, -0.05) is 12.1 Å². The summed E-state index contributed by atoms with van der Waals surface area (Å²) >= 11 is 0. The standard InChI is InChI=1S/C22H26FN3O2/c1-17(27)26(21-9-7-20(8-10-21)25-12-2-3-13-25)14-11-24-22(28)16-18-5-4-6-19(23)15-18/h4-10,15H,2-3,11-14,16H2,1H3,(H,24,28). The Morgan fingerprint density at radius 3 is 2.46 bits per heavy atom. The van der Waals surface area contributed by atoms with Gasteiger partial charge in [0.05, 0.1) is 6.42 Å². The molecule has 6 heteroatoms. The van der Waals surface area contributed by atoms with E-state index in [1.165, 1.54) is 37.6 Å². The number of hydrogen-bond donors (Lipinski definition) is 1. The average molecular weight is 383 g/mol. The van der Waals surface area contributed by atoms with Gasteiger partial charge in [0.25, 0.3) is 0 Å². The predicted octanol–water partition coefficient (Wildman–Crippen LogP) is 3.14. The Labute approximate surface area is 165 Å². The Morgan fingerprint density at radius 1 is 1.11 bits per heavy atom. The Balaban J connectivity index is 1.53. The van der Waals surface area contributed by atoms with Gasteiger partial charge in [0.2, 0.25) is 11.8 Å². The van der Waals surface area contributed by atoms with Crippen LogP contribution in [0.5, 0.6) is 0 Å². The predicted molar refractivity (Wildman–Crippen MR) is 109 cm³/mol. The number of carbonyl (C=O) groups is 2. The van der Waals surface area contributed by atoms with Gasteiger partial charge in [-0.25, -0.2) is 4.39 Å². The number of benzene rings is 2. The molecule has 0 atom stereocenters. The first-order valence-corrected chi connectivity index (χ1v) is 9.67. The zero-order valence-electron chi connectivity index (χ0n) is 16.2. The molecule has 0 saturated carbocycles. The summed E-state index contributed by atoms with van der Waals surface area (Å²) in [5.74, 6) is -0.628. The van der Waals surface area contributed by atoms with Gasteiger partial charge in [0, 0.05) is 44.5 Å². The topological polar surface area (TPSA) is 52.7 Å². The van der Waals surface area contributed by atoms with E-state index in [4.69, 9.17) is 0 Å². The van der Waals surface area contributed by atoms with E-state index in [0.717, 1.165) is 18.8 Å². The van der Waals surface area contributed by atoms with Crippen LogP contribution in [-0.2, 0) is 16.0 Å². The van der Waals surface area contributed by atoms with Crippen LogP contribution in [0, 0.1) is 5.82 Å². The molecule has 1 fully saturated rings. The van der Waals surface area contributed by atoms with E-state index in [2.05, 4.69) is 10.2 Å².